The molecule has 29 heavy (non-hydrogen) atoms. The molecule has 2 aliphatic heterocycles. The number of piperazine rings is 1. The summed E-state index contributed by atoms with van der Waals surface area (Å²) in [6.45, 7) is 7.47. The fourth-order valence-electron chi connectivity index (χ4n) is 4.46. The minimum Gasteiger partial charge on any atom is -0.340 e. The summed E-state index contributed by atoms with van der Waals surface area (Å²) in [6, 6.07) is 18.7. The van der Waals surface area contributed by atoms with E-state index < -0.39 is 0 Å². The number of halogens is 1. The number of carbonyl (C=O) groups excluding carboxylic acids is 1. The van der Waals surface area contributed by atoms with E-state index >= 15 is 0 Å². The summed E-state index contributed by atoms with van der Waals surface area (Å²) in [7, 11) is 0. The summed E-state index contributed by atoms with van der Waals surface area (Å²) in [4.78, 5) is 20.0. The van der Waals surface area contributed by atoms with Crippen molar-refractivity contribution in [2.24, 2.45) is 5.92 Å². The Morgan fingerprint density at radius 2 is 1.41 bits per heavy atom. The Bertz CT molecular complexity index is 797. The molecule has 0 radical (unpaired) electrons. The number of hydrogen-bond acceptors (Lipinski definition) is 3. The Morgan fingerprint density at radius 1 is 0.793 bits per heavy atom. The third-order valence-corrected chi connectivity index (χ3v) is 6.40. The summed E-state index contributed by atoms with van der Waals surface area (Å²) >= 11 is 6.09. The lowest BCUT2D eigenvalue weighted by Gasteiger charge is -2.38. The van der Waals surface area contributed by atoms with Crippen LogP contribution in [0.1, 0.15) is 24.0 Å². The van der Waals surface area contributed by atoms with Crippen LogP contribution in [0.4, 0.5) is 0 Å². The Morgan fingerprint density at radius 3 is 2.10 bits per heavy atom. The SMILES string of the molecule is O=C(C1CCN(Cc2ccccc2)CC1)N1CCN(Cc2cccc(Cl)c2)CC1. The summed E-state index contributed by atoms with van der Waals surface area (Å²) in [5, 5.41) is 0.787. The highest BCUT2D eigenvalue weighted by atomic mass is 35.5. The van der Waals surface area contributed by atoms with Crippen LogP contribution in [0.25, 0.3) is 0 Å². The van der Waals surface area contributed by atoms with Crippen molar-refractivity contribution in [3.05, 3.63) is 70.7 Å². The molecule has 5 heteroatoms. The summed E-state index contributed by atoms with van der Waals surface area (Å²) in [6.07, 6.45) is 1.96. The van der Waals surface area contributed by atoms with Gasteiger partial charge in [0.05, 0.1) is 0 Å². The molecule has 0 aliphatic carbocycles. The van der Waals surface area contributed by atoms with Gasteiger partial charge in [0, 0.05) is 50.2 Å². The lowest BCUT2D eigenvalue weighted by Crippen LogP contribution is -2.51. The van der Waals surface area contributed by atoms with E-state index in [9.17, 15) is 4.79 Å². The number of nitrogens with zero attached hydrogens (tertiary/aromatic N) is 3. The van der Waals surface area contributed by atoms with Gasteiger partial charge in [-0.2, -0.15) is 0 Å². The summed E-state index contributed by atoms with van der Waals surface area (Å²) in [5.74, 6) is 0.563. The zero-order valence-corrected chi connectivity index (χ0v) is 17.7. The van der Waals surface area contributed by atoms with E-state index in [0.717, 1.165) is 70.2 Å². The molecule has 4 rings (SSSR count). The first-order chi connectivity index (χ1) is 14.2. The van der Waals surface area contributed by atoms with Crippen molar-refractivity contribution >= 4 is 17.5 Å². The Balaban J connectivity index is 1.21. The van der Waals surface area contributed by atoms with Crippen molar-refractivity contribution in [2.45, 2.75) is 25.9 Å². The van der Waals surface area contributed by atoms with Gasteiger partial charge in [-0.3, -0.25) is 14.6 Å². The van der Waals surface area contributed by atoms with Crippen LogP contribution < -0.4 is 0 Å². The molecule has 2 saturated heterocycles. The van der Waals surface area contributed by atoms with Crippen LogP contribution in [0.2, 0.25) is 5.02 Å². The zero-order valence-electron chi connectivity index (χ0n) is 17.0. The lowest BCUT2D eigenvalue weighted by atomic mass is 9.94. The number of piperidine rings is 1. The van der Waals surface area contributed by atoms with Crippen LogP contribution >= 0.6 is 11.6 Å². The Labute approximate surface area is 179 Å². The molecule has 0 unspecified atom stereocenters. The van der Waals surface area contributed by atoms with Crippen LogP contribution in [-0.2, 0) is 17.9 Å². The summed E-state index contributed by atoms with van der Waals surface area (Å²) in [5.41, 5.74) is 2.59. The highest BCUT2D eigenvalue weighted by molar-refractivity contribution is 6.30. The number of carbonyl (C=O) groups is 1. The molecule has 2 aromatic rings. The molecule has 0 spiro atoms. The number of amides is 1. The number of rotatable bonds is 5. The molecular formula is C24H30ClN3O. The van der Waals surface area contributed by atoms with Gasteiger partial charge in [-0.1, -0.05) is 54.1 Å². The van der Waals surface area contributed by atoms with Gasteiger partial charge in [-0.15, -0.1) is 0 Å². The molecule has 4 nitrogen and oxygen atoms in total. The first-order valence-electron chi connectivity index (χ1n) is 10.7. The second-order valence-electron chi connectivity index (χ2n) is 8.27. The van der Waals surface area contributed by atoms with Gasteiger partial charge in [-0.25, -0.2) is 0 Å². The van der Waals surface area contributed by atoms with E-state index in [1.165, 1.54) is 11.1 Å². The maximum Gasteiger partial charge on any atom is 0.225 e. The standard InChI is InChI=1S/C24H30ClN3O/c25-23-8-4-7-21(17-23)19-27-13-15-28(16-14-27)24(29)22-9-11-26(12-10-22)18-20-5-2-1-3-6-20/h1-8,17,22H,9-16,18-19H2. The summed E-state index contributed by atoms with van der Waals surface area (Å²) < 4.78 is 0. The van der Waals surface area contributed by atoms with Crippen LogP contribution in [0.15, 0.2) is 54.6 Å². The molecular weight excluding hydrogens is 382 g/mol. The fourth-order valence-corrected chi connectivity index (χ4v) is 4.67. The maximum atomic E-state index is 13.0. The maximum absolute atomic E-state index is 13.0. The lowest BCUT2D eigenvalue weighted by molar-refractivity contribution is -0.139. The highest BCUT2D eigenvalue weighted by Gasteiger charge is 2.30. The van der Waals surface area contributed by atoms with E-state index in [1.807, 2.05) is 18.2 Å². The Hall–Kier alpha value is -1.88. The molecule has 2 fully saturated rings. The average Bonchev–Trinajstić information content (AvgIpc) is 2.75. The predicted octanol–water partition coefficient (Wildman–Crippen LogP) is 3.90. The molecule has 0 atom stereocenters. The van der Waals surface area contributed by atoms with Crippen molar-refractivity contribution in [2.75, 3.05) is 39.3 Å². The first-order valence-corrected chi connectivity index (χ1v) is 11.1. The molecule has 1 amide bonds. The molecule has 0 saturated carbocycles. The molecule has 2 aliphatic rings. The van der Waals surface area contributed by atoms with E-state index in [0.29, 0.717) is 5.91 Å². The number of hydrogen-bond donors (Lipinski definition) is 0. The average molecular weight is 412 g/mol. The smallest absolute Gasteiger partial charge is 0.225 e. The van der Waals surface area contributed by atoms with Crippen LogP contribution in [-0.4, -0.2) is 59.9 Å². The second kappa shape index (κ2) is 9.75. The van der Waals surface area contributed by atoms with E-state index in [4.69, 9.17) is 11.6 Å². The van der Waals surface area contributed by atoms with E-state index in [2.05, 4.69) is 51.1 Å². The molecule has 0 aromatic heterocycles. The molecule has 0 bridgehead atoms. The van der Waals surface area contributed by atoms with Crippen LogP contribution in [0.5, 0.6) is 0 Å². The normalized spacial score (nSPS) is 19.4. The van der Waals surface area contributed by atoms with Gasteiger partial charge in [0.15, 0.2) is 0 Å². The topological polar surface area (TPSA) is 26.8 Å². The third kappa shape index (κ3) is 5.59. The van der Waals surface area contributed by atoms with Gasteiger partial charge in [0.2, 0.25) is 5.91 Å². The predicted molar refractivity (Wildman–Crippen MR) is 118 cm³/mol. The van der Waals surface area contributed by atoms with E-state index in [-0.39, 0.29) is 5.92 Å². The molecule has 2 heterocycles. The fraction of sp³-hybridized carbons (Fsp3) is 0.458. The second-order valence-corrected chi connectivity index (χ2v) is 8.70. The minimum absolute atomic E-state index is 0.196. The van der Waals surface area contributed by atoms with Gasteiger partial charge >= 0.3 is 0 Å². The largest absolute Gasteiger partial charge is 0.340 e. The van der Waals surface area contributed by atoms with Crippen molar-refractivity contribution in [1.82, 2.24) is 14.7 Å². The monoisotopic (exact) mass is 411 g/mol. The van der Waals surface area contributed by atoms with Gasteiger partial charge < -0.3 is 4.90 Å². The quantitative estimate of drug-likeness (QED) is 0.746. The highest BCUT2D eigenvalue weighted by Crippen LogP contribution is 2.22. The van der Waals surface area contributed by atoms with Gasteiger partial charge in [0.1, 0.15) is 0 Å². The zero-order chi connectivity index (χ0) is 20.1. The number of benzene rings is 2. The van der Waals surface area contributed by atoms with Crippen molar-refractivity contribution < 1.29 is 4.79 Å². The molecule has 2 aromatic carbocycles. The first kappa shape index (κ1) is 20.4. The van der Waals surface area contributed by atoms with Crippen molar-refractivity contribution in [3.63, 3.8) is 0 Å². The van der Waals surface area contributed by atoms with Crippen LogP contribution in [0.3, 0.4) is 0 Å². The minimum atomic E-state index is 0.196. The van der Waals surface area contributed by atoms with Crippen molar-refractivity contribution in [1.29, 1.82) is 0 Å². The Kier molecular flexibility index (Phi) is 6.86. The third-order valence-electron chi connectivity index (χ3n) is 6.16. The molecule has 0 N–H and O–H groups in total. The van der Waals surface area contributed by atoms with E-state index in [1.54, 1.807) is 0 Å². The van der Waals surface area contributed by atoms with Gasteiger partial charge in [-0.05, 0) is 49.2 Å². The van der Waals surface area contributed by atoms with Crippen LogP contribution in [0, 0.1) is 5.92 Å². The van der Waals surface area contributed by atoms with Gasteiger partial charge in [0.25, 0.3) is 0 Å². The van der Waals surface area contributed by atoms with Crippen molar-refractivity contribution in [3.8, 4) is 0 Å². The number of likely N-dealkylation sites (tertiary alicyclic amines) is 1. The molecule has 154 valence electrons.